The van der Waals surface area contributed by atoms with Crippen LogP contribution in [0.3, 0.4) is 0 Å². The normalized spacial score (nSPS) is 10.3. The summed E-state index contributed by atoms with van der Waals surface area (Å²) in [6, 6.07) is 2.90. The topological polar surface area (TPSA) is 53.4 Å². The van der Waals surface area contributed by atoms with Gasteiger partial charge in [0.2, 0.25) is 0 Å². The van der Waals surface area contributed by atoms with Crippen LogP contribution in [0, 0.1) is 0 Å². The summed E-state index contributed by atoms with van der Waals surface area (Å²) in [5, 5.41) is 9.14. The molecule has 0 bridgehead atoms. The highest BCUT2D eigenvalue weighted by atomic mass is 35.5. The monoisotopic (exact) mass is 256 g/mol. The maximum Gasteiger partial charge on any atom is 0.335 e. The van der Waals surface area contributed by atoms with Gasteiger partial charge in [0.05, 0.1) is 5.56 Å². The molecular formula is C12H17ClN2O2. The second-order valence-electron chi connectivity index (χ2n) is 3.97. The fourth-order valence-electron chi connectivity index (χ4n) is 1.52. The summed E-state index contributed by atoms with van der Waals surface area (Å²) in [7, 11) is 1.89. The third-order valence-corrected chi connectivity index (χ3v) is 2.71. The van der Waals surface area contributed by atoms with E-state index >= 15 is 0 Å². The molecule has 5 heteroatoms. The number of hydrogen-bond acceptors (Lipinski definition) is 3. The minimum atomic E-state index is -0.988. The minimum Gasteiger partial charge on any atom is -0.478 e. The number of aromatic carboxylic acids is 1. The van der Waals surface area contributed by atoms with E-state index in [2.05, 4.69) is 11.9 Å². The van der Waals surface area contributed by atoms with Gasteiger partial charge in [-0.3, -0.25) is 0 Å². The Hall–Kier alpha value is -1.29. The van der Waals surface area contributed by atoms with Crippen LogP contribution in [0.15, 0.2) is 12.1 Å². The molecule has 0 aliphatic rings. The molecule has 4 nitrogen and oxygen atoms in total. The van der Waals surface area contributed by atoms with E-state index in [9.17, 15) is 4.79 Å². The Kier molecular flexibility index (Phi) is 5.22. The number of rotatable bonds is 6. The lowest BCUT2D eigenvalue weighted by atomic mass is 10.2. The van der Waals surface area contributed by atoms with Crippen LogP contribution in [0.5, 0.6) is 0 Å². The zero-order chi connectivity index (χ0) is 12.8. The molecule has 1 rings (SSSR count). The van der Waals surface area contributed by atoms with Crippen molar-refractivity contribution in [2.24, 2.45) is 0 Å². The number of aromatic nitrogens is 1. The van der Waals surface area contributed by atoms with E-state index in [1.165, 1.54) is 6.07 Å². The molecule has 1 aromatic rings. The minimum absolute atomic E-state index is 0.169. The first-order chi connectivity index (χ1) is 8.04. The van der Waals surface area contributed by atoms with Gasteiger partial charge in [0, 0.05) is 13.6 Å². The van der Waals surface area contributed by atoms with Crippen LogP contribution in [0.2, 0.25) is 5.15 Å². The Morgan fingerprint density at radius 2 is 2.18 bits per heavy atom. The van der Waals surface area contributed by atoms with Crippen molar-refractivity contribution in [1.82, 2.24) is 4.98 Å². The van der Waals surface area contributed by atoms with Crippen molar-refractivity contribution in [3.8, 4) is 0 Å². The Bertz CT molecular complexity index is 396. The highest BCUT2D eigenvalue weighted by Gasteiger charge is 2.10. The van der Waals surface area contributed by atoms with Crippen LogP contribution in [0.25, 0.3) is 0 Å². The highest BCUT2D eigenvalue weighted by Crippen LogP contribution is 2.17. The maximum atomic E-state index is 10.9. The fraction of sp³-hybridized carbons (Fsp3) is 0.500. The van der Waals surface area contributed by atoms with Gasteiger partial charge in [0.15, 0.2) is 0 Å². The van der Waals surface area contributed by atoms with E-state index in [0.29, 0.717) is 5.82 Å². The van der Waals surface area contributed by atoms with Crippen LogP contribution in [-0.4, -0.2) is 29.7 Å². The first kappa shape index (κ1) is 13.8. The van der Waals surface area contributed by atoms with Crippen molar-refractivity contribution in [3.63, 3.8) is 0 Å². The number of nitrogens with zero attached hydrogens (tertiary/aromatic N) is 2. The smallest absolute Gasteiger partial charge is 0.335 e. The van der Waals surface area contributed by atoms with E-state index in [1.54, 1.807) is 6.07 Å². The van der Waals surface area contributed by atoms with Gasteiger partial charge in [0.25, 0.3) is 0 Å². The summed E-state index contributed by atoms with van der Waals surface area (Å²) in [4.78, 5) is 16.9. The zero-order valence-corrected chi connectivity index (χ0v) is 10.9. The van der Waals surface area contributed by atoms with Gasteiger partial charge in [-0.15, -0.1) is 0 Å². The van der Waals surface area contributed by atoms with Gasteiger partial charge in [-0.1, -0.05) is 31.4 Å². The van der Waals surface area contributed by atoms with Crippen LogP contribution in [-0.2, 0) is 0 Å². The molecule has 0 radical (unpaired) electrons. The number of halogens is 1. The molecule has 94 valence electrons. The molecule has 0 saturated carbocycles. The predicted molar refractivity (Wildman–Crippen MR) is 69.0 cm³/mol. The summed E-state index contributed by atoms with van der Waals surface area (Å²) >= 11 is 5.80. The molecule has 17 heavy (non-hydrogen) atoms. The summed E-state index contributed by atoms with van der Waals surface area (Å²) in [6.07, 6.45) is 3.36. The second-order valence-corrected chi connectivity index (χ2v) is 4.36. The van der Waals surface area contributed by atoms with Crippen molar-refractivity contribution >= 4 is 23.4 Å². The first-order valence-corrected chi connectivity index (χ1v) is 6.04. The van der Waals surface area contributed by atoms with Crippen molar-refractivity contribution in [3.05, 3.63) is 22.8 Å². The molecule has 1 aromatic heterocycles. The number of hydrogen-bond donors (Lipinski definition) is 1. The van der Waals surface area contributed by atoms with E-state index in [4.69, 9.17) is 16.7 Å². The summed E-state index contributed by atoms with van der Waals surface area (Å²) in [5.74, 6) is -0.386. The summed E-state index contributed by atoms with van der Waals surface area (Å²) in [6.45, 7) is 2.99. The number of carboxylic acid groups (broad SMARTS) is 1. The summed E-state index contributed by atoms with van der Waals surface area (Å²) in [5.41, 5.74) is 0.169. The Labute approximate surface area is 106 Å². The number of carboxylic acids is 1. The van der Waals surface area contributed by atoms with Crippen molar-refractivity contribution in [2.45, 2.75) is 26.2 Å². The average molecular weight is 257 g/mol. The molecule has 0 fully saturated rings. The fourth-order valence-corrected chi connectivity index (χ4v) is 1.72. The molecule has 0 saturated heterocycles. The second kappa shape index (κ2) is 6.45. The molecule has 1 N–H and O–H groups in total. The highest BCUT2D eigenvalue weighted by molar-refractivity contribution is 6.29. The SMILES string of the molecule is CCCCCN(C)c1cc(C(=O)O)cc(Cl)n1. The Morgan fingerprint density at radius 1 is 1.47 bits per heavy atom. The van der Waals surface area contributed by atoms with Gasteiger partial charge in [-0.2, -0.15) is 0 Å². The average Bonchev–Trinajstić information content (AvgIpc) is 2.28. The number of anilines is 1. The standard InChI is InChI=1S/C12H17ClN2O2/c1-3-4-5-6-15(2)11-8-9(12(16)17)7-10(13)14-11/h7-8H,3-6H2,1-2H3,(H,16,17). The first-order valence-electron chi connectivity index (χ1n) is 5.66. The Morgan fingerprint density at radius 3 is 2.76 bits per heavy atom. The molecular weight excluding hydrogens is 240 g/mol. The van der Waals surface area contributed by atoms with Gasteiger partial charge in [0.1, 0.15) is 11.0 Å². The number of carbonyl (C=O) groups is 1. The van der Waals surface area contributed by atoms with Crippen molar-refractivity contribution in [1.29, 1.82) is 0 Å². The van der Waals surface area contributed by atoms with Crippen LogP contribution in [0.4, 0.5) is 5.82 Å². The molecule has 0 aliphatic carbocycles. The summed E-state index contributed by atoms with van der Waals surface area (Å²) < 4.78 is 0. The molecule has 0 unspecified atom stereocenters. The lowest BCUT2D eigenvalue weighted by Crippen LogP contribution is -2.20. The molecule has 0 atom stereocenters. The Balaban J connectivity index is 2.78. The molecule has 0 amide bonds. The molecule has 0 spiro atoms. The van der Waals surface area contributed by atoms with E-state index < -0.39 is 5.97 Å². The lowest BCUT2D eigenvalue weighted by Gasteiger charge is -2.18. The third-order valence-electron chi connectivity index (χ3n) is 2.52. The maximum absolute atomic E-state index is 10.9. The molecule has 0 aliphatic heterocycles. The molecule has 1 heterocycles. The van der Waals surface area contributed by atoms with Crippen LogP contribution >= 0.6 is 11.6 Å². The van der Waals surface area contributed by atoms with Crippen LogP contribution < -0.4 is 4.90 Å². The zero-order valence-electron chi connectivity index (χ0n) is 10.1. The van der Waals surface area contributed by atoms with Crippen molar-refractivity contribution < 1.29 is 9.90 Å². The van der Waals surface area contributed by atoms with Crippen molar-refractivity contribution in [2.75, 3.05) is 18.5 Å². The third kappa shape index (κ3) is 4.23. The molecule has 0 aromatic carbocycles. The van der Waals surface area contributed by atoms with Gasteiger partial charge in [-0.05, 0) is 18.6 Å². The van der Waals surface area contributed by atoms with E-state index in [1.807, 2.05) is 11.9 Å². The largest absolute Gasteiger partial charge is 0.478 e. The number of unbranched alkanes of at least 4 members (excludes halogenated alkanes) is 2. The van der Waals surface area contributed by atoms with Gasteiger partial charge < -0.3 is 10.0 Å². The van der Waals surface area contributed by atoms with E-state index in [-0.39, 0.29) is 10.7 Å². The van der Waals surface area contributed by atoms with Gasteiger partial charge >= 0.3 is 5.97 Å². The van der Waals surface area contributed by atoms with Gasteiger partial charge in [-0.25, -0.2) is 9.78 Å². The quantitative estimate of drug-likeness (QED) is 0.628. The van der Waals surface area contributed by atoms with E-state index in [0.717, 1.165) is 25.8 Å². The number of pyridine rings is 1. The lowest BCUT2D eigenvalue weighted by molar-refractivity contribution is 0.0697. The van der Waals surface area contributed by atoms with Crippen LogP contribution in [0.1, 0.15) is 36.5 Å². The predicted octanol–water partition coefficient (Wildman–Crippen LogP) is 3.06.